The van der Waals surface area contributed by atoms with Crippen LogP contribution in [0.5, 0.6) is 5.75 Å². The van der Waals surface area contributed by atoms with E-state index in [1.54, 1.807) is 18.3 Å². The van der Waals surface area contributed by atoms with Gasteiger partial charge in [-0.3, -0.25) is 14.1 Å². The molecule has 1 N–H and O–H groups in total. The molecule has 1 aliphatic rings. The summed E-state index contributed by atoms with van der Waals surface area (Å²) < 4.78 is 20.7. The summed E-state index contributed by atoms with van der Waals surface area (Å²) in [5, 5.41) is 0. The molecule has 2 aromatic heterocycles. The molecule has 0 saturated carbocycles. The van der Waals surface area contributed by atoms with Gasteiger partial charge in [-0.15, -0.1) is 0 Å². The van der Waals surface area contributed by atoms with Crippen molar-refractivity contribution in [1.82, 2.24) is 19.3 Å². The second kappa shape index (κ2) is 7.18. The van der Waals surface area contributed by atoms with Crippen LogP contribution in [0.2, 0.25) is 0 Å². The van der Waals surface area contributed by atoms with Crippen LogP contribution in [0, 0.1) is 5.82 Å². The van der Waals surface area contributed by atoms with Crippen LogP contribution in [-0.4, -0.2) is 38.5 Å². The molecule has 0 bridgehead atoms. The largest absolute Gasteiger partial charge is 0.488 e. The summed E-state index contributed by atoms with van der Waals surface area (Å²) in [5.74, 6) is 1.13. The van der Waals surface area contributed by atoms with Crippen LogP contribution < -0.4 is 10.3 Å². The number of likely N-dealkylation sites (tertiary alicyclic amines) is 1. The van der Waals surface area contributed by atoms with E-state index in [1.807, 2.05) is 40.9 Å². The van der Waals surface area contributed by atoms with Gasteiger partial charge in [0.2, 0.25) is 0 Å². The summed E-state index contributed by atoms with van der Waals surface area (Å²) in [6, 6.07) is 15.8. The van der Waals surface area contributed by atoms with E-state index < -0.39 is 0 Å². The molecule has 1 saturated heterocycles. The average molecular weight is 390 g/mol. The number of benzene rings is 2. The normalized spacial score (nSPS) is 14.8. The summed E-state index contributed by atoms with van der Waals surface area (Å²) >= 11 is 0. The number of H-pyrrole nitrogens is 1. The summed E-state index contributed by atoms with van der Waals surface area (Å²) in [6.07, 6.45) is 3.59. The van der Waals surface area contributed by atoms with Crippen LogP contribution >= 0.6 is 0 Å². The lowest BCUT2D eigenvalue weighted by Crippen LogP contribution is -2.53. The molecule has 29 heavy (non-hydrogen) atoms. The predicted molar refractivity (Wildman–Crippen MR) is 107 cm³/mol. The number of aromatic nitrogens is 3. The first-order chi connectivity index (χ1) is 14.2. The van der Waals surface area contributed by atoms with Crippen molar-refractivity contribution < 1.29 is 9.13 Å². The monoisotopic (exact) mass is 390 g/mol. The lowest BCUT2D eigenvalue weighted by molar-refractivity contribution is 0.0137. The van der Waals surface area contributed by atoms with Crippen LogP contribution in [0.4, 0.5) is 4.39 Å². The van der Waals surface area contributed by atoms with Crippen molar-refractivity contribution in [3.63, 3.8) is 0 Å². The molecule has 0 atom stereocenters. The smallest absolute Gasteiger partial charge is 0.274 e. The number of rotatable bonds is 5. The highest BCUT2D eigenvalue weighted by Crippen LogP contribution is 2.21. The number of hydrogen-bond acceptors (Lipinski definition) is 4. The first kappa shape index (κ1) is 17.6. The molecule has 0 aliphatic carbocycles. The Bertz CT molecular complexity index is 1200. The Kier molecular flexibility index (Phi) is 4.37. The third-order valence-corrected chi connectivity index (χ3v) is 5.05. The number of hydrogen-bond donors (Lipinski definition) is 1. The fraction of sp³-hybridized carbons (Fsp3) is 0.182. The van der Waals surface area contributed by atoms with Crippen LogP contribution in [0.1, 0.15) is 5.69 Å². The molecule has 0 spiro atoms. The molecule has 4 aromatic rings. The van der Waals surface area contributed by atoms with Crippen molar-refractivity contribution >= 4 is 5.52 Å². The van der Waals surface area contributed by atoms with Gasteiger partial charge in [0.25, 0.3) is 5.56 Å². The third-order valence-electron chi connectivity index (χ3n) is 5.05. The number of halogens is 1. The quantitative estimate of drug-likeness (QED) is 0.569. The van der Waals surface area contributed by atoms with Gasteiger partial charge in [0.1, 0.15) is 29.0 Å². The summed E-state index contributed by atoms with van der Waals surface area (Å²) in [5.41, 5.74) is 2.14. The molecule has 146 valence electrons. The van der Waals surface area contributed by atoms with E-state index in [1.165, 1.54) is 12.1 Å². The fourth-order valence-electron chi connectivity index (χ4n) is 3.61. The minimum atomic E-state index is -0.277. The zero-order valence-corrected chi connectivity index (χ0v) is 15.6. The Balaban J connectivity index is 1.30. The first-order valence-corrected chi connectivity index (χ1v) is 9.45. The summed E-state index contributed by atoms with van der Waals surface area (Å²) in [4.78, 5) is 22.0. The van der Waals surface area contributed by atoms with E-state index in [2.05, 4.69) is 14.9 Å². The van der Waals surface area contributed by atoms with Gasteiger partial charge in [-0.25, -0.2) is 9.37 Å². The Morgan fingerprint density at radius 2 is 1.86 bits per heavy atom. The summed E-state index contributed by atoms with van der Waals surface area (Å²) in [6.45, 7) is 2.10. The van der Waals surface area contributed by atoms with Gasteiger partial charge >= 0.3 is 0 Å². The molecular formula is C22H19FN4O2. The number of imidazole rings is 1. The van der Waals surface area contributed by atoms with Crippen LogP contribution in [0.3, 0.4) is 0 Å². The number of fused-ring (bicyclic) bond motifs is 1. The molecule has 6 nitrogen and oxygen atoms in total. The van der Waals surface area contributed by atoms with E-state index in [-0.39, 0.29) is 17.5 Å². The minimum Gasteiger partial charge on any atom is -0.488 e. The molecule has 0 amide bonds. The van der Waals surface area contributed by atoms with E-state index in [0.29, 0.717) is 17.8 Å². The highest BCUT2D eigenvalue weighted by molar-refractivity contribution is 5.61. The zero-order valence-electron chi connectivity index (χ0n) is 15.6. The number of ether oxygens (including phenoxy) is 1. The highest BCUT2D eigenvalue weighted by Gasteiger charge is 2.28. The average Bonchev–Trinajstić information content (AvgIpc) is 3.13. The number of nitrogens with zero attached hydrogens (tertiary/aromatic N) is 3. The van der Waals surface area contributed by atoms with Crippen molar-refractivity contribution in [2.45, 2.75) is 12.6 Å². The Morgan fingerprint density at radius 1 is 1.10 bits per heavy atom. The van der Waals surface area contributed by atoms with Gasteiger partial charge in [-0.05, 0) is 24.3 Å². The van der Waals surface area contributed by atoms with Crippen LogP contribution in [0.25, 0.3) is 16.9 Å². The number of aromatic amines is 1. The second-order valence-corrected chi connectivity index (χ2v) is 7.20. The maximum absolute atomic E-state index is 13.0. The van der Waals surface area contributed by atoms with Crippen LogP contribution in [0.15, 0.2) is 71.8 Å². The molecule has 3 heterocycles. The Labute approximate surface area is 166 Å². The van der Waals surface area contributed by atoms with Crippen molar-refractivity contribution in [2.24, 2.45) is 0 Å². The lowest BCUT2D eigenvalue weighted by Gasteiger charge is -2.38. The molecule has 7 heteroatoms. The molecule has 0 unspecified atom stereocenters. The maximum atomic E-state index is 13.0. The van der Waals surface area contributed by atoms with Crippen LogP contribution in [-0.2, 0) is 6.54 Å². The van der Waals surface area contributed by atoms with E-state index >= 15 is 0 Å². The van der Waals surface area contributed by atoms with Gasteiger partial charge in [-0.1, -0.05) is 30.3 Å². The van der Waals surface area contributed by atoms with Crippen molar-refractivity contribution in [2.75, 3.05) is 13.1 Å². The lowest BCUT2D eigenvalue weighted by atomic mass is 10.1. The van der Waals surface area contributed by atoms with Crippen molar-refractivity contribution in [3.8, 4) is 17.1 Å². The first-order valence-electron chi connectivity index (χ1n) is 9.45. The van der Waals surface area contributed by atoms with Gasteiger partial charge in [-0.2, -0.15) is 0 Å². The molecular weight excluding hydrogens is 371 g/mol. The molecule has 1 aliphatic heterocycles. The topological polar surface area (TPSA) is 62.6 Å². The standard InChI is InChI=1S/C22H19FN4O2/c23-16-6-8-18(9-7-16)29-19-13-26(14-19)11-17-12-27-20(22(28)25-17)10-24-21(27)15-4-2-1-3-5-15/h1-10,12,19H,11,13-14H2,(H,25,28). The maximum Gasteiger partial charge on any atom is 0.274 e. The summed E-state index contributed by atoms with van der Waals surface area (Å²) in [7, 11) is 0. The number of nitrogens with one attached hydrogen (secondary N) is 1. The molecule has 5 rings (SSSR count). The second-order valence-electron chi connectivity index (χ2n) is 7.20. The SMILES string of the molecule is O=c1[nH]c(CN2CC(Oc3ccc(F)cc3)C2)cn2c(-c3ccccc3)ncc12. The van der Waals surface area contributed by atoms with Crippen molar-refractivity contribution in [3.05, 3.63) is 88.9 Å². The Morgan fingerprint density at radius 3 is 2.62 bits per heavy atom. The zero-order chi connectivity index (χ0) is 19.8. The van der Waals surface area contributed by atoms with E-state index in [4.69, 9.17) is 4.74 Å². The Hall–Kier alpha value is -3.45. The molecule has 0 radical (unpaired) electrons. The van der Waals surface area contributed by atoms with E-state index in [9.17, 15) is 9.18 Å². The molecule has 2 aromatic carbocycles. The van der Waals surface area contributed by atoms with Gasteiger partial charge < -0.3 is 9.72 Å². The van der Waals surface area contributed by atoms with Crippen molar-refractivity contribution in [1.29, 1.82) is 0 Å². The van der Waals surface area contributed by atoms with E-state index in [0.717, 1.165) is 30.2 Å². The third kappa shape index (κ3) is 3.52. The molecule has 1 fully saturated rings. The predicted octanol–water partition coefficient (Wildman–Crippen LogP) is 3.09. The van der Waals surface area contributed by atoms with Gasteiger partial charge in [0, 0.05) is 37.1 Å². The van der Waals surface area contributed by atoms with Gasteiger partial charge in [0.15, 0.2) is 0 Å². The minimum absolute atomic E-state index is 0.0593. The highest BCUT2D eigenvalue weighted by atomic mass is 19.1. The fourth-order valence-corrected chi connectivity index (χ4v) is 3.61. The van der Waals surface area contributed by atoms with Gasteiger partial charge in [0.05, 0.1) is 6.20 Å².